The number of amides is 1. The van der Waals surface area contributed by atoms with Gasteiger partial charge < -0.3 is 10.6 Å². The molecule has 2 saturated heterocycles. The Hall–Kier alpha value is -0.670. The van der Waals surface area contributed by atoms with Crippen LogP contribution in [0.4, 0.5) is 0 Å². The highest BCUT2D eigenvalue weighted by Crippen LogP contribution is 2.35. The molecule has 0 aliphatic carbocycles. The van der Waals surface area contributed by atoms with Crippen molar-refractivity contribution in [3.05, 3.63) is 17.0 Å². The highest BCUT2D eigenvalue weighted by molar-refractivity contribution is 7.91. The molecule has 2 bridgehead atoms. The highest BCUT2D eigenvalue weighted by Gasteiger charge is 2.43. The number of hydrogen-bond acceptors (Lipinski definition) is 5. The van der Waals surface area contributed by atoms with Gasteiger partial charge in [-0.3, -0.25) is 4.79 Å². The number of sulfonamides is 1. The van der Waals surface area contributed by atoms with E-state index in [4.69, 9.17) is 0 Å². The van der Waals surface area contributed by atoms with Gasteiger partial charge in [0.1, 0.15) is 4.21 Å². The van der Waals surface area contributed by atoms with Crippen molar-refractivity contribution >= 4 is 39.7 Å². The van der Waals surface area contributed by atoms with Crippen LogP contribution in [0.3, 0.4) is 0 Å². The molecule has 1 aromatic rings. The second-order valence-electron chi connectivity index (χ2n) is 7.63. The minimum Gasteiger partial charge on any atom is -0.356 e. The predicted octanol–water partition coefficient (Wildman–Crippen LogP) is 2.39. The molecule has 2 aliphatic rings. The maximum atomic E-state index is 13.2. The van der Waals surface area contributed by atoms with Crippen LogP contribution in [0.2, 0.25) is 0 Å². The summed E-state index contributed by atoms with van der Waals surface area (Å²) in [5, 5.41) is 6.25. The Morgan fingerprint density at radius 3 is 2.78 bits per heavy atom. The molecule has 3 rings (SSSR count). The van der Waals surface area contributed by atoms with Gasteiger partial charge in [0, 0.05) is 36.5 Å². The molecule has 2 fully saturated rings. The maximum absolute atomic E-state index is 13.2. The van der Waals surface area contributed by atoms with Crippen LogP contribution in [0.1, 0.15) is 44.4 Å². The topological polar surface area (TPSA) is 78.5 Å². The van der Waals surface area contributed by atoms with Gasteiger partial charge in [-0.2, -0.15) is 4.31 Å². The summed E-state index contributed by atoms with van der Waals surface area (Å²) in [5.74, 6) is 0.394. The SMILES string of the molecule is CC(C)CC(=O)NCCc1ccc(S(=O)(=O)N2C3CCNCC2CC3)s1.Cl. The molecule has 9 heteroatoms. The normalized spacial score (nSPS) is 23.1. The third kappa shape index (κ3) is 5.44. The zero-order chi connectivity index (χ0) is 18.7. The third-order valence-corrected chi connectivity index (χ3v) is 8.66. The van der Waals surface area contributed by atoms with Gasteiger partial charge in [0.15, 0.2) is 0 Å². The van der Waals surface area contributed by atoms with Gasteiger partial charge in [0.25, 0.3) is 10.0 Å². The first-order valence-corrected chi connectivity index (χ1v) is 11.7. The van der Waals surface area contributed by atoms with Crippen molar-refractivity contribution in [3.8, 4) is 0 Å². The average Bonchev–Trinajstić information content (AvgIpc) is 3.11. The number of nitrogens with one attached hydrogen (secondary N) is 2. The van der Waals surface area contributed by atoms with Gasteiger partial charge in [-0.15, -0.1) is 23.7 Å². The molecule has 2 N–H and O–H groups in total. The van der Waals surface area contributed by atoms with Crippen molar-refractivity contribution in [1.29, 1.82) is 0 Å². The van der Waals surface area contributed by atoms with Crippen molar-refractivity contribution in [2.75, 3.05) is 19.6 Å². The van der Waals surface area contributed by atoms with E-state index in [1.807, 2.05) is 19.9 Å². The molecule has 0 aromatic carbocycles. The molecule has 1 amide bonds. The lowest BCUT2D eigenvalue weighted by atomic mass is 10.1. The van der Waals surface area contributed by atoms with Crippen LogP contribution < -0.4 is 10.6 Å². The quantitative estimate of drug-likeness (QED) is 0.689. The molecule has 1 aromatic heterocycles. The van der Waals surface area contributed by atoms with Crippen LogP contribution in [-0.2, 0) is 21.2 Å². The smallest absolute Gasteiger partial charge is 0.253 e. The predicted molar refractivity (Wildman–Crippen MR) is 111 cm³/mol. The zero-order valence-electron chi connectivity index (χ0n) is 15.9. The number of nitrogens with zero attached hydrogens (tertiary/aromatic N) is 1. The summed E-state index contributed by atoms with van der Waals surface area (Å²) in [6, 6.07) is 3.81. The van der Waals surface area contributed by atoms with E-state index in [9.17, 15) is 13.2 Å². The third-order valence-electron chi connectivity index (χ3n) is 5.04. The molecule has 27 heavy (non-hydrogen) atoms. The van der Waals surface area contributed by atoms with Crippen LogP contribution in [0.25, 0.3) is 0 Å². The summed E-state index contributed by atoms with van der Waals surface area (Å²) in [5.41, 5.74) is 0. The molecule has 0 spiro atoms. The first-order valence-electron chi connectivity index (χ1n) is 9.47. The summed E-state index contributed by atoms with van der Waals surface area (Å²) in [6.07, 6.45) is 3.98. The minimum absolute atomic E-state index is 0. The van der Waals surface area contributed by atoms with Crippen molar-refractivity contribution < 1.29 is 13.2 Å². The Balaban J connectivity index is 0.00000261. The van der Waals surface area contributed by atoms with Gasteiger partial charge in [-0.25, -0.2) is 8.42 Å². The lowest BCUT2D eigenvalue weighted by Crippen LogP contribution is -2.42. The Morgan fingerprint density at radius 2 is 2.04 bits per heavy atom. The van der Waals surface area contributed by atoms with E-state index in [0.29, 0.717) is 29.5 Å². The number of halogens is 1. The zero-order valence-corrected chi connectivity index (χ0v) is 18.4. The number of thiophene rings is 1. The van der Waals surface area contributed by atoms with E-state index in [2.05, 4.69) is 10.6 Å². The molecule has 6 nitrogen and oxygen atoms in total. The molecule has 2 unspecified atom stereocenters. The van der Waals surface area contributed by atoms with E-state index in [-0.39, 0.29) is 30.4 Å². The van der Waals surface area contributed by atoms with Crippen molar-refractivity contribution in [3.63, 3.8) is 0 Å². The number of carbonyl (C=O) groups is 1. The van der Waals surface area contributed by atoms with E-state index in [1.54, 1.807) is 10.4 Å². The van der Waals surface area contributed by atoms with E-state index >= 15 is 0 Å². The largest absolute Gasteiger partial charge is 0.356 e. The van der Waals surface area contributed by atoms with Crippen LogP contribution in [-0.4, -0.2) is 50.3 Å². The van der Waals surface area contributed by atoms with Crippen molar-refractivity contribution in [2.45, 2.75) is 62.2 Å². The molecule has 154 valence electrons. The first kappa shape index (κ1) is 22.6. The van der Waals surface area contributed by atoms with E-state index < -0.39 is 10.0 Å². The molecular weight excluding hydrogens is 406 g/mol. The van der Waals surface area contributed by atoms with Crippen LogP contribution in [0.5, 0.6) is 0 Å². The summed E-state index contributed by atoms with van der Waals surface area (Å²) >= 11 is 1.34. The summed E-state index contributed by atoms with van der Waals surface area (Å²) in [4.78, 5) is 12.7. The second-order valence-corrected chi connectivity index (χ2v) is 10.9. The average molecular weight is 436 g/mol. The van der Waals surface area contributed by atoms with Crippen molar-refractivity contribution in [2.24, 2.45) is 5.92 Å². The number of fused-ring (bicyclic) bond motifs is 2. The molecule has 0 saturated carbocycles. The Morgan fingerprint density at radius 1 is 1.30 bits per heavy atom. The summed E-state index contributed by atoms with van der Waals surface area (Å²) in [7, 11) is -3.43. The monoisotopic (exact) mass is 435 g/mol. The Labute approximate surface area is 172 Å². The van der Waals surface area contributed by atoms with Crippen LogP contribution >= 0.6 is 23.7 Å². The van der Waals surface area contributed by atoms with Gasteiger partial charge in [-0.05, 0) is 50.3 Å². The van der Waals surface area contributed by atoms with Crippen LogP contribution in [0, 0.1) is 5.92 Å². The van der Waals surface area contributed by atoms with Gasteiger partial charge >= 0.3 is 0 Å². The number of carbonyl (C=O) groups excluding carboxylic acids is 1. The second kappa shape index (κ2) is 9.69. The van der Waals surface area contributed by atoms with Crippen molar-refractivity contribution in [1.82, 2.24) is 14.9 Å². The van der Waals surface area contributed by atoms with Gasteiger partial charge in [-0.1, -0.05) is 13.8 Å². The fraction of sp³-hybridized carbons (Fsp3) is 0.722. The summed E-state index contributed by atoms with van der Waals surface area (Å²) in [6.45, 7) is 6.21. The number of rotatable bonds is 7. The molecule has 3 heterocycles. The van der Waals surface area contributed by atoms with E-state index in [1.165, 1.54) is 11.3 Å². The summed E-state index contributed by atoms with van der Waals surface area (Å²) < 4.78 is 28.5. The van der Waals surface area contributed by atoms with E-state index in [0.717, 1.165) is 37.2 Å². The highest BCUT2D eigenvalue weighted by atomic mass is 35.5. The molecule has 2 aliphatic heterocycles. The first-order chi connectivity index (χ1) is 12.4. The molecule has 0 radical (unpaired) electrons. The Bertz CT molecular complexity index is 722. The maximum Gasteiger partial charge on any atom is 0.253 e. The minimum atomic E-state index is -3.43. The van der Waals surface area contributed by atoms with Crippen LogP contribution in [0.15, 0.2) is 16.3 Å². The van der Waals surface area contributed by atoms with Gasteiger partial charge in [0.2, 0.25) is 5.91 Å². The van der Waals surface area contributed by atoms with Gasteiger partial charge in [0.05, 0.1) is 0 Å². The fourth-order valence-electron chi connectivity index (χ4n) is 3.83. The number of hydrogen-bond donors (Lipinski definition) is 2. The lowest BCUT2D eigenvalue weighted by Gasteiger charge is -2.26. The Kier molecular flexibility index (Phi) is 8.12. The molecule has 2 atom stereocenters. The molecular formula is C18H30ClN3O3S2. The fourth-order valence-corrected chi connectivity index (χ4v) is 7.19. The standard InChI is InChI=1S/C18H29N3O3S2.ClH/c1-13(2)11-17(22)20-10-8-16-5-6-18(25-16)26(23,24)21-14-3-4-15(21)12-19-9-7-14;/h5-6,13-15,19H,3-4,7-12H2,1-2H3,(H,20,22);1H. The lowest BCUT2D eigenvalue weighted by molar-refractivity contribution is -0.121.